The minimum absolute atomic E-state index is 0.0800. The van der Waals surface area contributed by atoms with Gasteiger partial charge < -0.3 is 15.4 Å². The van der Waals surface area contributed by atoms with Gasteiger partial charge in [-0.1, -0.05) is 26.4 Å². The van der Waals surface area contributed by atoms with E-state index in [-0.39, 0.29) is 12.1 Å². The first kappa shape index (κ1) is 19.5. The summed E-state index contributed by atoms with van der Waals surface area (Å²) in [5.41, 5.74) is 0.810. The summed E-state index contributed by atoms with van der Waals surface area (Å²) in [6, 6.07) is 8.99. The van der Waals surface area contributed by atoms with Gasteiger partial charge in [0, 0.05) is 23.6 Å². The Labute approximate surface area is 154 Å². The van der Waals surface area contributed by atoms with Crippen molar-refractivity contribution < 1.29 is 9.53 Å². The van der Waals surface area contributed by atoms with Crippen LogP contribution in [0.3, 0.4) is 0 Å². The highest BCUT2D eigenvalue weighted by molar-refractivity contribution is 7.65. The number of anilines is 1. The predicted octanol–water partition coefficient (Wildman–Crippen LogP) is 4.81. The molecule has 1 aromatic carbocycles. The third kappa shape index (κ3) is 5.87. The van der Waals surface area contributed by atoms with Crippen LogP contribution in [0.25, 0.3) is 0 Å². The average Bonchev–Trinajstić information content (AvgIpc) is 2.56. The first-order chi connectivity index (χ1) is 11.9. The van der Waals surface area contributed by atoms with Crippen LogP contribution < -0.4 is 20.7 Å². The molecular weight excluding hydrogens is 357 g/mol. The molecule has 0 fully saturated rings. The lowest BCUT2D eigenvalue weighted by atomic mass is 10.3. The zero-order chi connectivity index (χ0) is 18.4. The van der Waals surface area contributed by atoms with Crippen molar-refractivity contribution in [3.63, 3.8) is 0 Å². The minimum Gasteiger partial charge on any atom is -0.439 e. The summed E-state index contributed by atoms with van der Waals surface area (Å²) in [5.74, 6) is 1.16. The van der Waals surface area contributed by atoms with Gasteiger partial charge in [0.2, 0.25) is 5.88 Å². The number of rotatable bonds is 6. The average molecular weight is 380 g/mol. The summed E-state index contributed by atoms with van der Waals surface area (Å²) in [5, 5.41) is 7.42. The fourth-order valence-electron chi connectivity index (χ4n) is 2.13. The molecule has 7 heteroatoms. The summed E-state index contributed by atoms with van der Waals surface area (Å²) in [7, 11) is -0.405. The highest BCUT2D eigenvalue weighted by atomic mass is 35.5. The molecule has 5 nitrogen and oxygen atoms in total. The Bertz CT molecular complexity index is 723. The van der Waals surface area contributed by atoms with Crippen molar-refractivity contribution in [2.45, 2.75) is 26.8 Å². The van der Waals surface area contributed by atoms with Gasteiger partial charge in [0.1, 0.15) is 5.75 Å². The van der Waals surface area contributed by atoms with Gasteiger partial charge in [-0.2, -0.15) is 0 Å². The molecule has 0 radical (unpaired) electrons. The molecule has 2 N–H and O–H groups in total. The number of hydrogen-bond acceptors (Lipinski definition) is 3. The lowest BCUT2D eigenvalue weighted by Crippen LogP contribution is -2.35. The molecule has 0 aliphatic heterocycles. The molecule has 0 saturated carbocycles. The van der Waals surface area contributed by atoms with Crippen LogP contribution >= 0.6 is 19.5 Å². The molecule has 0 aliphatic rings. The molecule has 1 aromatic heterocycles. The molecule has 2 aromatic rings. The number of carbonyl (C=O) groups is 1. The molecular formula is C18H23ClN3O2P. The van der Waals surface area contributed by atoms with E-state index in [0.717, 1.165) is 17.2 Å². The zero-order valence-corrected chi connectivity index (χ0v) is 16.5. The summed E-state index contributed by atoms with van der Waals surface area (Å²) in [6.07, 6.45) is 2.56. The number of aromatic nitrogens is 1. The molecule has 2 rings (SSSR count). The van der Waals surface area contributed by atoms with E-state index in [9.17, 15) is 4.79 Å². The highest BCUT2D eigenvalue weighted by Crippen LogP contribution is 2.35. The van der Waals surface area contributed by atoms with Gasteiger partial charge in [-0.15, -0.1) is 0 Å². The number of pyridine rings is 1. The third-order valence-electron chi connectivity index (χ3n) is 3.45. The SMILES string of the molecule is CCP(C)c1cc(Oc2ccc(Cl)cn2)ccc1NC(=O)NC(C)C. The predicted molar refractivity (Wildman–Crippen MR) is 106 cm³/mol. The highest BCUT2D eigenvalue weighted by Gasteiger charge is 2.14. The number of nitrogens with zero attached hydrogens (tertiary/aromatic N) is 1. The molecule has 1 unspecified atom stereocenters. The number of hydrogen-bond donors (Lipinski definition) is 2. The van der Waals surface area contributed by atoms with Crippen LogP contribution in [-0.4, -0.2) is 29.9 Å². The van der Waals surface area contributed by atoms with E-state index in [4.69, 9.17) is 16.3 Å². The van der Waals surface area contributed by atoms with E-state index in [1.54, 1.807) is 18.3 Å². The monoisotopic (exact) mass is 379 g/mol. The molecule has 1 heterocycles. The Kier molecular flexibility index (Phi) is 7.03. The van der Waals surface area contributed by atoms with Crippen molar-refractivity contribution in [3.05, 3.63) is 41.6 Å². The smallest absolute Gasteiger partial charge is 0.319 e. The van der Waals surface area contributed by atoms with Crippen LogP contribution in [0.5, 0.6) is 11.6 Å². The second kappa shape index (κ2) is 9.02. The van der Waals surface area contributed by atoms with Gasteiger partial charge in [-0.3, -0.25) is 0 Å². The Morgan fingerprint density at radius 2 is 2.08 bits per heavy atom. The van der Waals surface area contributed by atoms with Crippen LogP contribution in [0.2, 0.25) is 5.02 Å². The normalized spacial score (nSPS) is 11.9. The Morgan fingerprint density at radius 1 is 1.32 bits per heavy atom. The maximum absolute atomic E-state index is 12.0. The van der Waals surface area contributed by atoms with Crippen molar-refractivity contribution in [1.82, 2.24) is 10.3 Å². The number of nitrogens with one attached hydrogen (secondary N) is 2. The molecule has 134 valence electrons. The van der Waals surface area contributed by atoms with Crippen LogP contribution in [0.15, 0.2) is 36.5 Å². The van der Waals surface area contributed by atoms with Crippen molar-refractivity contribution >= 4 is 36.5 Å². The van der Waals surface area contributed by atoms with Crippen molar-refractivity contribution in [2.24, 2.45) is 0 Å². The maximum atomic E-state index is 12.0. The molecule has 0 spiro atoms. The van der Waals surface area contributed by atoms with Crippen molar-refractivity contribution in [2.75, 3.05) is 18.1 Å². The van der Waals surface area contributed by atoms with E-state index in [1.165, 1.54) is 0 Å². The third-order valence-corrected chi connectivity index (χ3v) is 5.81. The fraction of sp³-hybridized carbons (Fsp3) is 0.333. The van der Waals surface area contributed by atoms with Gasteiger partial charge in [0.25, 0.3) is 0 Å². The molecule has 1 atom stereocenters. The van der Waals surface area contributed by atoms with Gasteiger partial charge in [0.15, 0.2) is 0 Å². The van der Waals surface area contributed by atoms with Crippen LogP contribution in [-0.2, 0) is 0 Å². The second-order valence-electron chi connectivity index (χ2n) is 5.86. The largest absolute Gasteiger partial charge is 0.439 e. The lowest BCUT2D eigenvalue weighted by molar-refractivity contribution is 0.250. The van der Waals surface area contributed by atoms with E-state index >= 15 is 0 Å². The van der Waals surface area contributed by atoms with Crippen molar-refractivity contribution in [1.29, 1.82) is 0 Å². The number of carbonyl (C=O) groups excluding carboxylic acids is 1. The minimum atomic E-state index is -0.405. The molecule has 25 heavy (non-hydrogen) atoms. The Hall–Kier alpha value is -1.84. The Morgan fingerprint density at radius 3 is 2.68 bits per heavy atom. The van der Waals surface area contributed by atoms with E-state index in [1.807, 2.05) is 32.0 Å². The Balaban J connectivity index is 2.23. The molecule has 0 aliphatic carbocycles. The first-order valence-corrected chi connectivity index (χ1v) is 10.5. The van der Waals surface area contributed by atoms with Crippen LogP contribution in [0.1, 0.15) is 20.8 Å². The molecule has 2 amide bonds. The lowest BCUT2D eigenvalue weighted by Gasteiger charge is -2.18. The van der Waals surface area contributed by atoms with E-state index in [0.29, 0.717) is 16.7 Å². The maximum Gasteiger partial charge on any atom is 0.319 e. The standard InChI is InChI=1S/C18H23ClN3O2P/c1-5-25(4)16-10-14(24-17-9-6-13(19)11-20-17)7-8-15(16)22-18(23)21-12(2)3/h6-12H,5H2,1-4H3,(H2,21,22,23). The number of amides is 2. The molecule has 0 saturated heterocycles. The molecule has 0 bridgehead atoms. The van der Waals surface area contributed by atoms with Crippen LogP contribution in [0, 0.1) is 0 Å². The van der Waals surface area contributed by atoms with Crippen molar-refractivity contribution in [3.8, 4) is 11.6 Å². The van der Waals surface area contributed by atoms with Gasteiger partial charge in [-0.05, 0) is 50.9 Å². The number of ether oxygens (including phenoxy) is 1. The number of benzene rings is 1. The first-order valence-electron chi connectivity index (χ1n) is 8.11. The van der Waals surface area contributed by atoms with E-state index < -0.39 is 7.92 Å². The second-order valence-corrected chi connectivity index (χ2v) is 8.81. The summed E-state index contributed by atoms with van der Waals surface area (Å²) in [4.78, 5) is 16.2. The van der Waals surface area contributed by atoms with Crippen LogP contribution in [0.4, 0.5) is 10.5 Å². The van der Waals surface area contributed by atoms with E-state index in [2.05, 4.69) is 29.2 Å². The quantitative estimate of drug-likeness (QED) is 0.707. The zero-order valence-electron chi connectivity index (χ0n) is 14.8. The van der Waals surface area contributed by atoms with Gasteiger partial charge in [-0.25, -0.2) is 9.78 Å². The number of halogens is 1. The topological polar surface area (TPSA) is 63.2 Å². The fourth-order valence-corrected chi connectivity index (χ4v) is 3.47. The van der Waals surface area contributed by atoms with Gasteiger partial charge in [0.05, 0.1) is 10.7 Å². The van der Waals surface area contributed by atoms with Gasteiger partial charge >= 0.3 is 6.03 Å². The summed E-state index contributed by atoms with van der Waals surface area (Å²) >= 11 is 5.84. The summed E-state index contributed by atoms with van der Waals surface area (Å²) in [6.45, 7) is 8.17. The number of urea groups is 1. The summed E-state index contributed by atoms with van der Waals surface area (Å²) < 4.78 is 5.81.